The van der Waals surface area contributed by atoms with Crippen LogP contribution in [0.5, 0.6) is 0 Å². The first-order valence-electron chi connectivity index (χ1n) is 8.54. The SMILES string of the molecule is Cc1cc(N2CCCC2)c2ccc(C(N)c3cccnc3)cc2n1. The highest BCUT2D eigenvalue weighted by Crippen LogP contribution is 2.31. The van der Waals surface area contributed by atoms with Crippen molar-refractivity contribution in [2.75, 3.05) is 18.0 Å². The third-order valence-electron chi connectivity index (χ3n) is 4.79. The zero-order valence-electron chi connectivity index (χ0n) is 13.9. The molecule has 0 spiro atoms. The van der Waals surface area contributed by atoms with Crippen LogP contribution in [0.2, 0.25) is 0 Å². The number of aromatic nitrogens is 2. The van der Waals surface area contributed by atoms with E-state index in [0.29, 0.717) is 0 Å². The fourth-order valence-electron chi connectivity index (χ4n) is 3.52. The summed E-state index contributed by atoms with van der Waals surface area (Å²) in [5.41, 5.74) is 11.9. The number of nitrogens with zero attached hydrogens (tertiary/aromatic N) is 3. The summed E-state index contributed by atoms with van der Waals surface area (Å²) in [4.78, 5) is 11.4. The van der Waals surface area contributed by atoms with Crippen molar-refractivity contribution in [1.82, 2.24) is 9.97 Å². The number of anilines is 1. The lowest BCUT2D eigenvalue weighted by Gasteiger charge is -2.21. The maximum Gasteiger partial charge on any atom is 0.0729 e. The van der Waals surface area contributed by atoms with Gasteiger partial charge in [-0.2, -0.15) is 0 Å². The highest BCUT2D eigenvalue weighted by atomic mass is 15.1. The van der Waals surface area contributed by atoms with Gasteiger partial charge in [-0.25, -0.2) is 0 Å². The van der Waals surface area contributed by atoms with Gasteiger partial charge in [0.05, 0.1) is 11.6 Å². The summed E-state index contributed by atoms with van der Waals surface area (Å²) in [7, 11) is 0. The summed E-state index contributed by atoms with van der Waals surface area (Å²) in [6.07, 6.45) is 6.14. The van der Waals surface area contributed by atoms with Crippen LogP contribution in [-0.2, 0) is 0 Å². The molecule has 0 amide bonds. The minimum atomic E-state index is -0.180. The van der Waals surface area contributed by atoms with Crippen LogP contribution in [0.3, 0.4) is 0 Å². The molecule has 2 N–H and O–H groups in total. The third kappa shape index (κ3) is 2.74. The average molecular weight is 318 g/mol. The Hall–Kier alpha value is -2.46. The van der Waals surface area contributed by atoms with Crippen LogP contribution in [0, 0.1) is 6.92 Å². The van der Waals surface area contributed by atoms with E-state index in [9.17, 15) is 0 Å². The molecule has 3 aromatic rings. The van der Waals surface area contributed by atoms with Crippen LogP contribution in [0.15, 0.2) is 48.8 Å². The second-order valence-corrected chi connectivity index (χ2v) is 6.52. The molecule has 1 saturated heterocycles. The van der Waals surface area contributed by atoms with Gasteiger partial charge in [0.25, 0.3) is 0 Å². The van der Waals surface area contributed by atoms with Crippen LogP contribution in [0.1, 0.15) is 35.7 Å². The second-order valence-electron chi connectivity index (χ2n) is 6.52. The molecule has 0 aliphatic carbocycles. The van der Waals surface area contributed by atoms with E-state index in [1.807, 2.05) is 18.3 Å². The molecule has 1 aromatic carbocycles. The van der Waals surface area contributed by atoms with Crippen molar-refractivity contribution >= 4 is 16.6 Å². The summed E-state index contributed by atoms with van der Waals surface area (Å²) in [6.45, 7) is 4.33. The average Bonchev–Trinajstić information content (AvgIpc) is 3.15. The molecule has 4 nitrogen and oxygen atoms in total. The second kappa shape index (κ2) is 6.21. The fourth-order valence-corrected chi connectivity index (χ4v) is 3.52. The number of benzene rings is 1. The van der Waals surface area contributed by atoms with Gasteiger partial charge in [0.2, 0.25) is 0 Å². The molecule has 0 bridgehead atoms. The molecular formula is C20H22N4. The van der Waals surface area contributed by atoms with Gasteiger partial charge < -0.3 is 10.6 Å². The predicted octanol–water partition coefficient (Wildman–Crippen LogP) is 3.59. The molecule has 1 fully saturated rings. The number of aryl methyl sites for hydroxylation is 1. The zero-order valence-corrected chi connectivity index (χ0v) is 13.9. The first-order valence-corrected chi connectivity index (χ1v) is 8.54. The van der Waals surface area contributed by atoms with E-state index in [-0.39, 0.29) is 6.04 Å². The van der Waals surface area contributed by atoms with Crippen molar-refractivity contribution < 1.29 is 0 Å². The molecule has 24 heavy (non-hydrogen) atoms. The Kier molecular flexibility index (Phi) is 3.90. The topological polar surface area (TPSA) is 55.0 Å². The van der Waals surface area contributed by atoms with E-state index < -0.39 is 0 Å². The summed E-state index contributed by atoms with van der Waals surface area (Å²) >= 11 is 0. The molecule has 122 valence electrons. The van der Waals surface area contributed by atoms with Crippen molar-refractivity contribution in [3.63, 3.8) is 0 Å². The predicted molar refractivity (Wildman–Crippen MR) is 98.2 cm³/mol. The molecule has 4 heteroatoms. The molecular weight excluding hydrogens is 296 g/mol. The van der Waals surface area contributed by atoms with Gasteiger partial charge in [-0.15, -0.1) is 0 Å². The Labute approximate surface area is 142 Å². The Bertz CT molecular complexity index is 854. The molecule has 4 rings (SSSR count). The van der Waals surface area contributed by atoms with Crippen molar-refractivity contribution in [2.24, 2.45) is 5.73 Å². The molecule has 0 saturated carbocycles. The normalized spacial score (nSPS) is 15.8. The highest BCUT2D eigenvalue weighted by molar-refractivity contribution is 5.92. The number of hydrogen-bond acceptors (Lipinski definition) is 4. The van der Waals surface area contributed by atoms with Crippen molar-refractivity contribution in [2.45, 2.75) is 25.8 Å². The van der Waals surface area contributed by atoms with Gasteiger partial charge in [0.15, 0.2) is 0 Å². The van der Waals surface area contributed by atoms with Crippen molar-refractivity contribution in [1.29, 1.82) is 0 Å². The van der Waals surface area contributed by atoms with Gasteiger partial charge >= 0.3 is 0 Å². The quantitative estimate of drug-likeness (QED) is 0.802. The Morgan fingerprint density at radius 3 is 2.67 bits per heavy atom. The number of pyridine rings is 2. The van der Waals surface area contributed by atoms with E-state index in [4.69, 9.17) is 10.7 Å². The first kappa shape index (κ1) is 15.1. The molecule has 1 aliphatic rings. The largest absolute Gasteiger partial charge is 0.371 e. The maximum absolute atomic E-state index is 6.43. The van der Waals surface area contributed by atoms with Crippen molar-refractivity contribution in [3.05, 3.63) is 65.6 Å². The van der Waals surface area contributed by atoms with Crippen LogP contribution in [-0.4, -0.2) is 23.1 Å². The minimum absolute atomic E-state index is 0.180. The lowest BCUT2D eigenvalue weighted by molar-refractivity contribution is 0.864. The van der Waals surface area contributed by atoms with E-state index in [1.165, 1.54) is 23.9 Å². The van der Waals surface area contributed by atoms with Gasteiger partial charge in [-0.05, 0) is 49.1 Å². The molecule has 1 unspecified atom stereocenters. The molecule has 0 radical (unpaired) electrons. The van der Waals surface area contributed by atoms with E-state index in [1.54, 1.807) is 6.20 Å². The number of fused-ring (bicyclic) bond motifs is 1. The van der Waals surface area contributed by atoms with Gasteiger partial charge in [0.1, 0.15) is 0 Å². The van der Waals surface area contributed by atoms with Gasteiger partial charge in [0, 0.05) is 42.3 Å². The third-order valence-corrected chi connectivity index (χ3v) is 4.79. The number of hydrogen-bond donors (Lipinski definition) is 1. The smallest absolute Gasteiger partial charge is 0.0729 e. The van der Waals surface area contributed by atoms with E-state index in [0.717, 1.165) is 35.4 Å². The first-order chi connectivity index (χ1) is 11.7. The van der Waals surface area contributed by atoms with E-state index in [2.05, 4.69) is 41.1 Å². The van der Waals surface area contributed by atoms with Crippen molar-refractivity contribution in [3.8, 4) is 0 Å². The van der Waals surface area contributed by atoms with Crippen LogP contribution >= 0.6 is 0 Å². The van der Waals surface area contributed by atoms with Crippen LogP contribution < -0.4 is 10.6 Å². The summed E-state index contributed by atoms with van der Waals surface area (Å²) in [5.74, 6) is 0. The summed E-state index contributed by atoms with van der Waals surface area (Å²) < 4.78 is 0. The standard InChI is InChI=1S/C20H22N4/c1-14-11-19(24-9-2-3-10-24)17-7-6-15(12-18(17)23-14)20(21)16-5-4-8-22-13-16/h4-8,11-13,20H,2-3,9-10,21H2,1H3. The zero-order chi connectivity index (χ0) is 16.5. The van der Waals surface area contributed by atoms with E-state index >= 15 is 0 Å². The van der Waals surface area contributed by atoms with Crippen LogP contribution in [0.4, 0.5) is 5.69 Å². The Morgan fingerprint density at radius 2 is 1.92 bits per heavy atom. The Balaban J connectivity index is 1.78. The molecule has 1 aliphatic heterocycles. The number of nitrogens with two attached hydrogens (primary N) is 1. The highest BCUT2D eigenvalue weighted by Gasteiger charge is 2.17. The lowest BCUT2D eigenvalue weighted by Crippen LogP contribution is -2.18. The fraction of sp³-hybridized carbons (Fsp3) is 0.300. The monoisotopic (exact) mass is 318 g/mol. The molecule has 2 aromatic heterocycles. The van der Waals surface area contributed by atoms with Crippen LogP contribution in [0.25, 0.3) is 10.9 Å². The minimum Gasteiger partial charge on any atom is -0.371 e. The summed E-state index contributed by atoms with van der Waals surface area (Å²) in [5, 5.41) is 1.21. The molecule has 1 atom stereocenters. The maximum atomic E-state index is 6.43. The lowest BCUT2D eigenvalue weighted by atomic mass is 9.99. The summed E-state index contributed by atoms with van der Waals surface area (Å²) in [6, 6.07) is 12.4. The Morgan fingerprint density at radius 1 is 1.08 bits per heavy atom. The molecule has 3 heterocycles. The van der Waals surface area contributed by atoms with Gasteiger partial charge in [-0.1, -0.05) is 18.2 Å². The number of rotatable bonds is 3. The van der Waals surface area contributed by atoms with Gasteiger partial charge in [-0.3, -0.25) is 9.97 Å².